The molecule has 0 fully saturated rings. The molecule has 1 aliphatic heterocycles. The molecule has 0 aromatic carbocycles. The quantitative estimate of drug-likeness (QED) is 0.521. The number of aromatic nitrogens is 1. The van der Waals surface area contributed by atoms with Gasteiger partial charge in [0, 0.05) is 25.5 Å². The fraction of sp³-hybridized carbons (Fsp3) is 0.273. The second kappa shape index (κ2) is 4.21. The molecule has 0 saturated carbocycles. The van der Waals surface area contributed by atoms with Gasteiger partial charge in [0.15, 0.2) is 0 Å². The Kier molecular flexibility index (Phi) is 2.76. The summed E-state index contributed by atoms with van der Waals surface area (Å²) in [5.74, 6) is 0. The summed E-state index contributed by atoms with van der Waals surface area (Å²) in [7, 11) is 0. The van der Waals surface area contributed by atoms with Gasteiger partial charge in [-0.2, -0.15) is 0 Å². The molecule has 0 spiro atoms. The Bertz CT molecular complexity index is 389. The summed E-state index contributed by atoms with van der Waals surface area (Å²) in [6.45, 7) is 0.802. The van der Waals surface area contributed by atoms with Crippen molar-refractivity contribution >= 4 is 11.7 Å². The molecule has 0 bridgehead atoms. The van der Waals surface area contributed by atoms with Gasteiger partial charge in [0.2, 0.25) is 0 Å². The monoisotopic (exact) mass is 206 g/mol. The third-order valence-corrected chi connectivity index (χ3v) is 2.51. The van der Waals surface area contributed by atoms with Gasteiger partial charge in [0.1, 0.15) is 0 Å². The molecule has 1 aromatic rings. The number of hydrogen-bond donors (Lipinski definition) is 0. The van der Waals surface area contributed by atoms with Crippen molar-refractivity contribution in [1.82, 2.24) is 9.88 Å². The van der Waals surface area contributed by atoms with Crippen LogP contribution in [0.3, 0.4) is 0 Å². The number of hydrogen-bond acceptors (Lipinski definition) is 2. The van der Waals surface area contributed by atoms with E-state index in [2.05, 4.69) is 4.98 Å². The molecular formula is C11H11FN2O. The predicted molar refractivity (Wildman–Crippen MR) is 54.9 cm³/mol. The van der Waals surface area contributed by atoms with E-state index < -0.39 is 6.16 Å². The first-order valence-electron chi connectivity index (χ1n) is 4.81. The Hall–Kier alpha value is -1.71. The maximum atomic E-state index is 12.4. The first kappa shape index (κ1) is 9.83. The van der Waals surface area contributed by atoms with E-state index in [0.29, 0.717) is 19.5 Å². The second-order valence-electron chi connectivity index (χ2n) is 3.41. The number of carbonyl (C=O) groups excluding carboxylic acids is 1. The number of amides is 1. The normalized spacial score (nSPS) is 16.1. The van der Waals surface area contributed by atoms with Crippen LogP contribution in [0.5, 0.6) is 0 Å². The molecule has 2 rings (SSSR count). The highest BCUT2D eigenvalue weighted by Gasteiger charge is 2.16. The van der Waals surface area contributed by atoms with Gasteiger partial charge in [-0.05, 0) is 29.7 Å². The van der Waals surface area contributed by atoms with Gasteiger partial charge in [0.05, 0.1) is 0 Å². The van der Waals surface area contributed by atoms with Crippen LogP contribution >= 0.6 is 0 Å². The smallest absolute Gasteiger partial charge is 0.311 e. The number of halogens is 1. The minimum atomic E-state index is -1.35. The first-order valence-corrected chi connectivity index (χ1v) is 4.81. The molecule has 0 radical (unpaired) electrons. The van der Waals surface area contributed by atoms with Crippen LogP contribution in [0, 0.1) is 0 Å². The van der Waals surface area contributed by atoms with Crippen LogP contribution < -0.4 is 0 Å². The zero-order valence-corrected chi connectivity index (χ0v) is 8.19. The average Bonchev–Trinajstić information content (AvgIpc) is 2.30. The fourth-order valence-corrected chi connectivity index (χ4v) is 1.66. The molecule has 78 valence electrons. The third-order valence-electron chi connectivity index (χ3n) is 2.51. The topological polar surface area (TPSA) is 33.2 Å². The largest absolute Gasteiger partial charge is 0.400 e. The Labute approximate surface area is 87.2 Å². The molecular weight excluding hydrogens is 195 g/mol. The summed E-state index contributed by atoms with van der Waals surface area (Å²) in [6, 6.07) is 3.83. The molecule has 3 nitrogen and oxygen atoms in total. The van der Waals surface area contributed by atoms with Crippen molar-refractivity contribution in [3.8, 4) is 0 Å². The van der Waals surface area contributed by atoms with Crippen LogP contribution in [0.2, 0.25) is 0 Å². The zero-order valence-electron chi connectivity index (χ0n) is 8.19. The third kappa shape index (κ3) is 2.21. The maximum Gasteiger partial charge on any atom is 0.400 e. The van der Waals surface area contributed by atoms with Gasteiger partial charge in [-0.1, -0.05) is 6.08 Å². The van der Waals surface area contributed by atoms with Crippen LogP contribution in [0.15, 0.2) is 30.6 Å². The summed E-state index contributed by atoms with van der Waals surface area (Å²) >= 11 is 0. The van der Waals surface area contributed by atoms with Crippen LogP contribution in [-0.4, -0.2) is 29.1 Å². The SMILES string of the molecule is O=C(F)N1CC=C(c2ccncc2)CC1. The highest BCUT2D eigenvalue weighted by Crippen LogP contribution is 2.21. The predicted octanol–water partition coefficient (Wildman–Crippen LogP) is 2.26. The van der Waals surface area contributed by atoms with E-state index in [9.17, 15) is 9.18 Å². The molecule has 1 amide bonds. The van der Waals surface area contributed by atoms with Crippen molar-refractivity contribution < 1.29 is 9.18 Å². The molecule has 1 aliphatic rings. The van der Waals surface area contributed by atoms with E-state index in [-0.39, 0.29) is 0 Å². The standard InChI is InChI=1S/C11H11FN2O/c12-11(15)14-7-3-10(4-8-14)9-1-5-13-6-2-9/h1-3,5-6H,4,7-8H2. The minimum Gasteiger partial charge on any atom is -0.311 e. The Morgan fingerprint density at radius 1 is 1.40 bits per heavy atom. The van der Waals surface area contributed by atoms with Crippen molar-refractivity contribution in [1.29, 1.82) is 0 Å². The van der Waals surface area contributed by atoms with Gasteiger partial charge in [-0.3, -0.25) is 4.98 Å². The number of pyridine rings is 1. The molecule has 4 heteroatoms. The zero-order chi connectivity index (χ0) is 10.7. The van der Waals surface area contributed by atoms with Crippen LogP contribution in [0.4, 0.5) is 9.18 Å². The van der Waals surface area contributed by atoms with Crippen molar-refractivity contribution in [2.45, 2.75) is 6.42 Å². The Morgan fingerprint density at radius 2 is 2.13 bits per heavy atom. The minimum absolute atomic E-state index is 0.354. The molecule has 0 atom stereocenters. The van der Waals surface area contributed by atoms with Gasteiger partial charge in [-0.25, -0.2) is 4.79 Å². The Morgan fingerprint density at radius 3 is 2.67 bits per heavy atom. The van der Waals surface area contributed by atoms with E-state index >= 15 is 0 Å². The van der Waals surface area contributed by atoms with E-state index in [1.54, 1.807) is 12.4 Å². The van der Waals surface area contributed by atoms with E-state index in [1.165, 1.54) is 4.90 Å². The lowest BCUT2D eigenvalue weighted by atomic mass is 10.0. The number of nitrogens with zero attached hydrogens (tertiary/aromatic N) is 2. The highest BCUT2D eigenvalue weighted by molar-refractivity contribution is 5.71. The molecule has 0 saturated heterocycles. The molecule has 15 heavy (non-hydrogen) atoms. The summed E-state index contributed by atoms with van der Waals surface area (Å²) in [5, 5.41) is 0. The summed E-state index contributed by atoms with van der Waals surface area (Å²) in [4.78, 5) is 15.6. The van der Waals surface area contributed by atoms with Crippen molar-refractivity contribution in [2.75, 3.05) is 13.1 Å². The van der Waals surface area contributed by atoms with Crippen molar-refractivity contribution in [3.05, 3.63) is 36.2 Å². The highest BCUT2D eigenvalue weighted by atomic mass is 19.1. The molecule has 2 heterocycles. The van der Waals surface area contributed by atoms with Crippen LogP contribution in [0.25, 0.3) is 5.57 Å². The lowest BCUT2D eigenvalue weighted by Crippen LogP contribution is -2.31. The van der Waals surface area contributed by atoms with E-state index in [4.69, 9.17) is 0 Å². The first-order chi connectivity index (χ1) is 7.27. The molecule has 0 unspecified atom stereocenters. The molecule has 1 aromatic heterocycles. The number of carbonyl (C=O) groups is 1. The summed E-state index contributed by atoms with van der Waals surface area (Å²) < 4.78 is 12.4. The van der Waals surface area contributed by atoms with E-state index in [1.807, 2.05) is 18.2 Å². The van der Waals surface area contributed by atoms with Crippen molar-refractivity contribution in [2.24, 2.45) is 0 Å². The van der Waals surface area contributed by atoms with Crippen molar-refractivity contribution in [3.63, 3.8) is 0 Å². The van der Waals surface area contributed by atoms with Gasteiger partial charge >= 0.3 is 6.16 Å². The lowest BCUT2D eigenvalue weighted by molar-refractivity contribution is 0.180. The Balaban J connectivity index is 2.12. The average molecular weight is 206 g/mol. The van der Waals surface area contributed by atoms with Gasteiger partial charge < -0.3 is 4.90 Å². The second-order valence-corrected chi connectivity index (χ2v) is 3.41. The van der Waals surface area contributed by atoms with Gasteiger partial charge in [-0.15, -0.1) is 4.39 Å². The van der Waals surface area contributed by atoms with E-state index in [0.717, 1.165) is 11.1 Å². The summed E-state index contributed by atoms with van der Waals surface area (Å²) in [5.41, 5.74) is 2.24. The summed E-state index contributed by atoms with van der Waals surface area (Å²) in [6.07, 6.45) is 4.68. The number of rotatable bonds is 1. The molecule has 0 N–H and O–H groups in total. The lowest BCUT2D eigenvalue weighted by Gasteiger charge is -2.23. The maximum absolute atomic E-state index is 12.4. The molecule has 0 aliphatic carbocycles. The van der Waals surface area contributed by atoms with Crippen LogP contribution in [-0.2, 0) is 0 Å². The van der Waals surface area contributed by atoms with Crippen LogP contribution in [0.1, 0.15) is 12.0 Å². The van der Waals surface area contributed by atoms with Gasteiger partial charge in [0.25, 0.3) is 0 Å². The fourth-order valence-electron chi connectivity index (χ4n) is 1.66.